The minimum atomic E-state index is 0.0303. The first-order valence-corrected chi connectivity index (χ1v) is 4.56. The van der Waals surface area contributed by atoms with Gasteiger partial charge in [-0.25, -0.2) is 0 Å². The van der Waals surface area contributed by atoms with E-state index in [-0.39, 0.29) is 12.3 Å². The molecule has 12 heavy (non-hydrogen) atoms. The molecule has 0 fully saturated rings. The maximum Gasteiger partial charge on any atom is 0.0556 e. The molecule has 0 aliphatic heterocycles. The van der Waals surface area contributed by atoms with E-state index in [0.717, 1.165) is 25.9 Å². The lowest BCUT2D eigenvalue weighted by Gasteiger charge is -2.29. The highest BCUT2D eigenvalue weighted by Gasteiger charge is 2.12. The molecule has 0 aromatic carbocycles. The molecule has 0 rings (SSSR count). The fraction of sp³-hybridized carbons (Fsp3) is 1.00. The van der Waals surface area contributed by atoms with Crippen LogP contribution in [0.15, 0.2) is 0 Å². The lowest BCUT2D eigenvalue weighted by molar-refractivity contribution is 0.157. The molecule has 4 nitrogen and oxygen atoms in total. The third-order valence-corrected chi connectivity index (χ3v) is 1.92. The van der Waals surface area contributed by atoms with Gasteiger partial charge in [-0.2, -0.15) is 0 Å². The van der Waals surface area contributed by atoms with Gasteiger partial charge in [0.15, 0.2) is 0 Å². The van der Waals surface area contributed by atoms with Crippen LogP contribution in [0.3, 0.4) is 0 Å². The molecule has 0 radical (unpaired) electrons. The second-order valence-electron chi connectivity index (χ2n) is 3.21. The minimum Gasteiger partial charge on any atom is -0.330 e. The molecule has 0 spiro atoms. The first-order valence-electron chi connectivity index (χ1n) is 4.56. The van der Waals surface area contributed by atoms with Crippen LogP contribution in [0.25, 0.3) is 0 Å². The summed E-state index contributed by atoms with van der Waals surface area (Å²) >= 11 is 0. The summed E-state index contributed by atoms with van der Waals surface area (Å²) in [4.78, 5) is 2.07. The predicted octanol–water partition coefficient (Wildman–Crippen LogP) is -0.363. The number of unbranched alkanes of at least 4 members (excludes halogenated alkanes) is 1. The molecule has 0 aromatic rings. The van der Waals surface area contributed by atoms with Crippen LogP contribution in [-0.2, 0) is 0 Å². The Morgan fingerprint density at radius 1 is 1.08 bits per heavy atom. The van der Waals surface area contributed by atoms with E-state index < -0.39 is 0 Å². The largest absolute Gasteiger partial charge is 0.330 e. The Kier molecular flexibility index (Phi) is 6.28. The van der Waals surface area contributed by atoms with Gasteiger partial charge in [-0.1, -0.05) is 0 Å². The average molecular weight is 174 g/mol. The average Bonchev–Trinajstić information content (AvgIpc) is 1.96. The first kappa shape index (κ1) is 11.8. The predicted molar refractivity (Wildman–Crippen MR) is 52.3 cm³/mol. The van der Waals surface area contributed by atoms with Crippen molar-refractivity contribution >= 4 is 0 Å². The lowest BCUT2D eigenvalue weighted by Crippen LogP contribution is -2.49. The van der Waals surface area contributed by atoms with Crippen LogP contribution in [0.2, 0.25) is 0 Å². The topological polar surface area (TPSA) is 81.3 Å². The SMILES string of the molecule is CC(N)N(CCCCN)C(C)N. The van der Waals surface area contributed by atoms with E-state index in [1.54, 1.807) is 0 Å². The quantitative estimate of drug-likeness (QED) is 0.379. The third-order valence-electron chi connectivity index (χ3n) is 1.92. The van der Waals surface area contributed by atoms with Crippen molar-refractivity contribution in [2.24, 2.45) is 17.2 Å². The Bertz CT molecular complexity index is 95.2. The van der Waals surface area contributed by atoms with Gasteiger partial charge in [-0.15, -0.1) is 0 Å². The van der Waals surface area contributed by atoms with Crippen molar-refractivity contribution in [3.8, 4) is 0 Å². The van der Waals surface area contributed by atoms with Crippen LogP contribution in [0.5, 0.6) is 0 Å². The van der Waals surface area contributed by atoms with Crippen molar-refractivity contribution in [2.75, 3.05) is 13.1 Å². The summed E-state index contributed by atoms with van der Waals surface area (Å²) in [6, 6.07) is 0. The zero-order valence-electron chi connectivity index (χ0n) is 8.16. The summed E-state index contributed by atoms with van der Waals surface area (Å²) < 4.78 is 0. The van der Waals surface area contributed by atoms with E-state index in [2.05, 4.69) is 4.90 Å². The summed E-state index contributed by atoms with van der Waals surface area (Å²) in [5.74, 6) is 0. The molecule has 2 unspecified atom stereocenters. The molecule has 0 saturated carbocycles. The Morgan fingerprint density at radius 3 is 1.92 bits per heavy atom. The van der Waals surface area contributed by atoms with Gasteiger partial charge < -0.3 is 17.2 Å². The number of hydrogen-bond donors (Lipinski definition) is 3. The Labute approximate surface area is 75.1 Å². The van der Waals surface area contributed by atoms with E-state index >= 15 is 0 Å². The van der Waals surface area contributed by atoms with Gasteiger partial charge in [0.05, 0.1) is 12.3 Å². The Morgan fingerprint density at radius 2 is 1.58 bits per heavy atom. The van der Waals surface area contributed by atoms with E-state index in [1.165, 1.54) is 0 Å². The minimum absolute atomic E-state index is 0.0303. The van der Waals surface area contributed by atoms with Crippen LogP contribution in [-0.4, -0.2) is 30.3 Å². The molecule has 4 heteroatoms. The molecule has 74 valence electrons. The highest BCUT2D eigenvalue weighted by atomic mass is 15.3. The van der Waals surface area contributed by atoms with Crippen molar-refractivity contribution in [3.05, 3.63) is 0 Å². The standard InChI is InChI=1S/C8H22N4/c1-7(10)12(8(2)11)6-4-3-5-9/h7-8H,3-6,9-11H2,1-2H3. The summed E-state index contributed by atoms with van der Waals surface area (Å²) in [6.07, 6.45) is 2.17. The summed E-state index contributed by atoms with van der Waals surface area (Å²) in [5, 5.41) is 0. The van der Waals surface area contributed by atoms with Crippen LogP contribution in [0.1, 0.15) is 26.7 Å². The molecule has 2 atom stereocenters. The second-order valence-corrected chi connectivity index (χ2v) is 3.21. The van der Waals surface area contributed by atoms with Gasteiger partial charge in [-0.3, -0.25) is 4.90 Å². The van der Waals surface area contributed by atoms with Crippen molar-refractivity contribution in [1.82, 2.24) is 4.90 Å². The number of hydrogen-bond acceptors (Lipinski definition) is 4. The summed E-state index contributed by atoms with van der Waals surface area (Å²) in [5.41, 5.74) is 16.9. The van der Waals surface area contributed by atoms with E-state index in [9.17, 15) is 0 Å². The fourth-order valence-electron chi connectivity index (χ4n) is 1.22. The monoisotopic (exact) mass is 174 g/mol. The van der Waals surface area contributed by atoms with E-state index in [1.807, 2.05) is 13.8 Å². The second kappa shape index (κ2) is 6.37. The van der Waals surface area contributed by atoms with Crippen molar-refractivity contribution in [1.29, 1.82) is 0 Å². The molecule has 0 aromatic heterocycles. The van der Waals surface area contributed by atoms with Gasteiger partial charge in [0.2, 0.25) is 0 Å². The number of rotatable bonds is 6. The number of nitrogens with two attached hydrogens (primary N) is 3. The molecule has 6 N–H and O–H groups in total. The van der Waals surface area contributed by atoms with Crippen LogP contribution >= 0.6 is 0 Å². The summed E-state index contributed by atoms with van der Waals surface area (Å²) in [7, 11) is 0. The molecule has 0 aliphatic carbocycles. The summed E-state index contributed by atoms with van der Waals surface area (Å²) in [6.45, 7) is 5.58. The highest BCUT2D eigenvalue weighted by molar-refractivity contribution is 4.65. The van der Waals surface area contributed by atoms with Gasteiger partial charge in [0.1, 0.15) is 0 Å². The van der Waals surface area contributed by atoms with Gasteiger partial charge in [0.25, 0.3) is 0 Å². The maximum atomic E-state index is 5.73. The molecular formula is C8H22N4. The molecule has 0 saturated heterocycles. The normalized spacial score (nSPS) is 16.5. The lowest BCUT2D eigenvalue weighted by atomic mass is 10.2. The van der Waals surface area contributed by atoms with Gasteiger partial charge in [0, 0.05) is 6.54 Å². The maximum absolute atomic E-state index is 5.73. The van der Waals surface area contributed by atoms with Crippen LogP contribution in [0, 0.1) is 0 Å². The van der Waals surface area contributed by atoms with Gasteiger partial charge >= 0.3 is 0 Å². The van der Waals surface area contributed by atoms with Crippen molar-refractivity contribution in [3.63, 3.8) is 0 Å². The molecule has 0 heterocycles. The zero-order chi connectivity index (χ0) is 9.56. The first-order chi connectivity index (χ1) is 5.59. The third kappa shape index (κ3) is 4.66. The van der Waals surface area contributed by atoms with Crippen molar-refractivity contribution < 1.29 is 0 Å². The fourth-order valence-corrected chi connectivity index (χ4v) is 1.22. The van der Waals surface area contributed by atoms with Crippen molar-refractivity contribution in [2.45, 2.75) is 39.0 Å². The van der Waals surface area contributed by atoms with E-state index in [0.29, 0.717) is 0 Å². The van der Waals surface area contributed by atoms with E-state index in [4.69, 9.17) is 17.2 Å². The van der Waals surface area contributed by atoms with Gasteiger partial charge in [-0.05, 0) is 33.2 Å². The number of nitrogens with zero attached hydrogens (tertiary/aromatic N) is 1. The Hall–Kier alpha value is -0.160. The molecule has 0 amide bonds. The van der Waals surface area contributed by atoms with Crippen LogP contribution < -0.4 is 17.2 Å². The molecule has 0 aliphatic rings. The molecular weight excluding hydrogens is 152 g/mol. The zero-order valence-corrected chi connectivity index (χ0v) is 8.16. The molecule has 0 bridgehead atoms. The van der Waals surface area contributed by atoms with Crippen LogP contribution in [0.4, 0.5) is 0 Å². The Balaban J connectivity index is 3.64. The smallest absolute Gasteiger partial charge is 0.0556 e. The highest BCUT2D eigenvalue weighted by Crippen LogP contribution is 1.99.